The van der Waals surface area contributed by atoms with Gasteiger partial charge in [0.2, 0.25) is 0 Å². The van der Waals surface area contributed by atoms with Gasteiger partial charge in [-0.3, -0.25) is 0 Å². The van der Waals surface area contributed by atoms with Crippen LogP contribution in [0.25, 0.3) is 77.2 Å². The van der Waals surface area contributed by atoms with Crippen molar-refractivity contribution < 1.29 is 0 Å². The Balaban J connectivity index is 1.07. The molecule has 2 aromatic heterocycles. The van der Waals surface area contributed by atoms with Gasteiger partial charge in [-0.15, -0.1) is 0 Å². The number of hydrogen-bond donors (Lipinski definition) is 0. The summed E-state index contributed by atoms with van der Waals surface area (Å²) in [6, 6.07) is 69.6. The summed E-state index contributed by atoms with van der Waals surface area (Å²) in [5.41, 5.74) is 25.1. The highest BCUT2D eigenvalue weighted by Crippen LogP contribution is 2.55. The van der Waals surface area contributed by atoms with Gasteiger partial charge in [0.05, 0.1) is 22.1 Å². The second kappa shape index (κ2) is 13.1. The van der Waals surface area contributed by atoms with Crippen LogP contribution in [0.15, 0.2) is 182 Å². The fraction of sp³-hybridized carbons (Fsp3) is 0.129. The van der Waals surface area contributed by atoms with E-state index >= 15 is 0 Å². The summed E-state index contributed by atoms with van der Waals surface area (Å²) in [5.74, 6) is 0. The first-order valence-corrected chi connectivity index (χ1v) is 22.7. The zero-order chi connectivity index (χ0) is 43.2. The van der Waals surface area contributed by atoms with Crippen molar-refractivity contribution in [1.29, 1.82) is 0 Å². The van der Waals surface area contributed by atoms with Crippen LogP contribution >= 0.6 is 0 Å². The largest absolute Gasteiger partial charge is 0.309 e. The van der Waals surface area contributed by atoms with Gasteiger partial charge in [-0.1, -0.05) is 144 Å². The quantitative estimate of drug-likeness (QED) is 0.167. The van der Waals surface area contributed by atoms with Gasteiger partial charge in [0, 0.05) is 43.7 Å². The lowest BCUT2D eigenvalue weighted by Crippen LogP contribution is -2.22. The van der Waals surface area contributed by atoms with Crippen molar-refractivity contribution in [3.8, 4) is 33.6 Å². The molecule has 0 fully saturated rings. The fourth-order valence-electron chi connectivity index (χ4n) is 12.0. The third-order valence-corrected chi connectivity index (χ3v) is 15.3. The third kappa shape index (κ3) is 4.91. The lowest BCUT2D eigenvalue weighted by Gasteiger charge is -2.29. The van der Waals surface area contributed by atoms with E-state index in [-0.39, 0.29) is 10.8 Å². The molecule has 2 heterocycles. The molecule has 2 aliphatic rings. The van der Waals surface area contributed by atoms with E-state index in [1.165, 1.54) is 133 Å². The minimum Gasteiger partial charge on any atom is -0.309 e. The normalized spacial score (nSPS) is 17.3. The van der Waals surface area contributed by atoms with Crippen LogP contribution in [-0.2, 0) is 10.8 Å². The van der Waals surface area contributed by atoms with Crippen molar-refractivity contribution in [2.24, 2.45) is 0 Å². The summed E-state index contributed by atoms with van der Waals surface area (Å²) >= 11 is 0. The maximum atomic E-state index is 2.53. The molecule has 2 atom stereocenters. The van der Waals surface area contributed by atoms with Crippen LogP contribution in [0.4, 0.5) is 0 Å². The summed E-state index contributed by atoms with van der Waals surface area (Å²) in [5, 5.41) is 5.06. The Morgan fingerprint density at radius 2 is 0.625 bits per heavy atom. The zero-order valence-electron chi connectivity index (χ0n) is 37.2. The Morgan fingerprint density at radius 1 is 0.297 bits per heavy atom. The minimum absolute atomic E-state index is 0.297. The van der Waals surface area contributed by atoms with Crippen LogP contribution < -0.4 is 0 Å². The van der Waals surface area contributed by atoms with E-state index in [1.54, 1.807) is 0 Å². The Hall–Kier alpha value is -7.42. The molecule has 2 nitrogen and oxygen atoms in total. The molecule has 11 aromatic rings. The highest BCUT2D eigenvalue weighted by atomic mass is 15.0. The summed E-state index contributed by atoms with van der Waals surface area (Å²) in [7, 11) is 0. The monoisotopic (exact) mass is 820 g/mol. The average Bonchev–Trinajstić information content (AvgIpc) is 3.97. The molecule has 0 spiro atoms. The molecule has 9 aromatic carbocycles. The Morgan fingerprint density at radius 3 is 1.03 bits per heavy atom. The van der Waals surface area contributed by atoms with Crippen molar-refractivity contribution >= 4 is 43.6 Å². The molecule has 13 rings (SSSR count). The van der Waals surface area contributed by atoms with Gasteiger partial charge in [-0.2, -0.15) is 0 Å². The van der Waals surface area contributed by atoms with E-state index in [4.69, 9.17) is 0 Å². The lowest BCUT2D eigenvalue weighted by atomic mass is 9.74. The number of hydrogen-bond acceptors (Lipinski definition) is 0. The van der Waals surface area contributed by atoms with Gasteiger partial charge in [-0.25, -0.2) is 0 Å². The van der Waals surface area contributed by atoms with Crippen LogP contribution in [0, 0.1) is 27.7 Å². The Labute approximate surface area is 374 Å². The molecule has 0 N–H and O–H groups in total. The molecule has 2 unspecified atom stereocenters. The van der Waals surface area contributed by atoms with Crippen LogP contribution in [0.5, 0.6) is 0 Å². The molecule has 0 bridgehead atoms. The Kier molecular flexibility index (Phi) is 7.59. The molecule has 2 aliphatic carbocycles. The van der Waals surface area contributed by atoms with E-state index in [1.807, 2.05) is 0 Å². The number of nitrogens with zero attached hydrogens (tertiary/aromatic N) is 2. The van der Waals surface area contributed by atoms with Gasteiger partial charge in [0.1, 0.15) is 0 Å². The molecular weight excluding hydrogens is 773 g/mol. The number of fused-ring (bicyclic) bond motifs is 12. The molecule has 64 heavy (non-hydrogen) atoms. The Bertz CT molecular complexity index is 3540. The summed E-state index contributed by atoms with van der Waals surface area (Å²) < 4.78 is 5.06. The van der Waals surface area contributed by atoms with Crippen molar-refractivity contribution in [2.75, 3.05) is 0 Å². The molecule has 0 aliphatic heterocycles. The van der Waals surface area contributed by atoms with Gasteiger partial charge < -0.3 is 9.13 Å². The van der Waals surface area contributed by atoms with Gasteiger partial charge in [0.25, 0.3) is 0 Å². The standard InChI is InChI=1S/C62H48N2/c1-37-19-27-57-49(29-37)51-35-60-52(36-59(51)63(57)43-21-25-47-45-23-17-39(3)31-53(45)61(5,55(47)33-43)41-13-9-7-10-14-41)50-30-38(2)20-28-58(50)64(60)44-22-26-48-46-24-18-40(4)32-54(46)62(6,56(48)34-44)42-15-11-8-12-16-42/h7-36H,1-6H3. The molecule has 0 saturated heterocycles. The first kappa shape index (κ1) is 37.2. The van der Waals surface area contributed by atoms with E-state index in [9.17, 15) is 0 Å². The van der Waals surface area contributed by atoms with Crippen molar-refractivity contribution in [3.05, 3.63) is 238 Å². The van der Waals surface area contributed by atoms with E-state index in [2.05, 4.69) is 233 Å². The van der Waals surface area contributed by atoms with Crippen molar-refractivity contribution in [1.82, 2.24) is 9.13 Å². The lowest BCUT2D eigenvalue weighted by molar-refractivity contribution is 0.712. The molecule has 0 saturated carbocycles. The van der Waals surface area contributed by atoms with Gasteiger partial charge in [-0.05, 0) is 158 Å². The molecular formula is C62H48N2. The molecule has 0 radical (unpaired) electrons. The summed E-state index contributed by atoms with van der Waals surface area (Å²) in [6.45, 7) is 13.7. The van der Waals surface area contributed by atoms with Crippen LogP contribution in [0.1, 0.15) is 69.5 Å². The van der Waals surface area contributed by atoms with Crippen LogP contribution in [-0.4, -0.2) is 9.13 Å². The first-order chi connectivity index (χ1) is 31.1. The average molecular weight is 821 g/mol. The van der Waals surface area contributed by atoms with Gasteiger partial charge >= 0.3 is 0 Å². The highest BCUT2D eigenvalue weighted by Gasteiger charge is 2.42. The van der Waals surface area contributed by atoms with Crippen molar-refractivity contribution in [2.45, 2.75) is 52.4 Å². The maximum Gasteiger partial charge on any atom is 0.0548 e. The second-order valence-corrected chi connectivity index (χ2v) is 19.1. The zero-order valence-corrected chi connectivity index (χ0v) is 37.2. The van der Waals surface area contributed by atoms with E-state index in [0.717, 1.165) is 0 Å². The van der Waals surface area contributed by atoms with E-state index < -0.39 is 0 Å². The highest BCUT2D eigenvalue weighted by molar-refractivity contribution is 6.19. The number of aromatic nitrogens is 2. The van der Waals surface area contributed by atoms with Crippen molar-refractivity contribution in [3.63, 3.8) is 0 Å². The summed E-state index contributed by atoms with van der Waals surface area (Å²) in [6.07, 6.45) is 0. The molecule has 2 heteroatoms. The van der Waals surface area contributed by atoms with E-state index in [0.29, 0.717) is 0 Å². The second-order valence-electron chi connectivity index (χ2n) is 19.1. The molecule has 0 amide bonds. The van der Waals surface area contributed by atoms with Crippen LogP contribution in [0.3, 0.4) is 0 Å². The molecule has 306 valence electrons. The number of aryl methyl sites for hydroxylation is 4. The number of rotatable bonds is 4. The predicted octanol–water partition coefficient (Wildman–Crippen LogP) is 15.8. The predicted molar refractivity (Wildman–Crippen MR) is 269 cm³/mol. The SMILES string of the molecule is Cc1ccc2c(c1)C(C)(c1ccccc1)c1cc(-n3c4ccc(C)cc4c4cc5c(cc43)c3cc(C)ccc3n5-c3ccc4c(c3)C(C)(c3ccccc3)c3cc(C)ccc3-4)ccc1-2. The topological polar surface area (TPSA) is 9.86 Å². The number of benzene rings is 9. The minimum atomic E-state index is -0.297. The van der Waals surface area contributed by atoms with Crippen LogP contribution in [0.2, 0.25) is 0 Å². The maximum absolute atomic E-state index is 2.53. The summed E-state index contributed by atoms with van der Waals surface area (Å²) in [4.78, 5) is 0. The first-order valence-electron chi connectivity index (χ1n) is 22.7. The van der Waals surface area contributed by atoms with Gasteiger partial charge in [0.15, 0.2) is 0 Å². The third-order valence-electron chi connectivity index (χ3n) is 15.3. The fourth-order valence-corrected chi connectivity index (χ4v) is 12.0. The smallest absolute Gasteiger partial charge is 0.0548 e.